The van der Waals surface area contributed by atoms with Crippen molar-refractivity contribution in [2.45, 2.75) is 52.9 Å². The fourth-order valence-electron chi connectivity index (χ4n) is 2.40. The molecule has 1 aliphatic heterocycles. The number of hydrogen-bond acceptors (Lipinski definition) is 2. The number of nitriles is 1. The van der Waals surface area contributed by atoms with Gasteiger partial charge in [-0.1, -0.05) is 19.8 Å². The Labute approximate surface area is 101 Å². The first-order valence-corrected chi connectivity index (χ1v) is 6.71. The van der Waals surface area contributed by atoms with E-state index < -0.39 is 0 Å². The third-order valence-corrected chi connectivity index (χ3v) is 3.76. The average Bonchev–Trinajstić information content (AvgIpc) is 2.29. The molecular formula is C14H26N2. The second-order valence-corrected chi connectivity index (χ2v) is 5.82. The molecule has 0 N–H and O–H groups in total. The lowest BCUT2D eigenvalue weighted by Gasteiger charge is -2.33. The molecule has 0 unspecified atom stereocenters. The summed E-state index contributed by atoms with van der Waals surface area (Å²) in [6.45, 7) is 9.94. The fourth-order valence-corrected chi connectivity index (χ4v) is 2.40. The van der Waals surface area contributed by atoms with Gasteiger partial charge in [0.2, 0.25) is 0 Å². The van der Waals surface area contributed by atoms with Crippen molar-refractivity contribution >= 4 is 0 Å². The van der Waals surface area contributed by atoms with Crippen molar-refractivity contribution < 1.29 is 0 Å². The van der Waals surface area contributed by atoms with E-state index >= 15 is 0 Å². The van der Waals surface area contributed by atoms with Crippen LogP contribution in [0.5, 0.6) is 0 Å². The number of nitrogens with zero attached hydrogens (tertiary/aromatic N) is 2. The average molecular weight is 222 g/mol. The van der Waals surface area contributed by atoms with E-state index in [9.17, 15) is 0 Å². The van der Waals surface area contributed by atoms with Gasteiger partial charge in [0.1, 0.15) is 0 Å². The summed E-state index contributed by atoms with van der Waals surface area (Å²) >= 11 is 0. The summed E-state index contributed by atoms with van der Waals surface area (Å²) in [5.41, 5.74) is -0.153. The van der Waals surface area contributed by atoms with Crippen LogP contribution < -0.4 is 0 Å². The van der Waals surface area contributed by atoms with Gasteiger partial charge in [-0.2, -0.15) is 5.26 Å². The topological polar surface area (TPSA) is 27.0 Å². The van der Waals surface area contributed by atoms with Crippen LogP contribution in [0.25, 0.3) is 0 Å². The van der Waals surface area contributed by atoms with Crippen LogP contribution in [0.3, 0.4) is 0 Å². The van der Waals surface area contributed by atoms with Gasteiger partial charge in [-0.3, -0.25) is 0 Å². The van der Waals surface area contributed by atoms with Gasteiger partial charge in [-0.15, -0.1) is 0 Å². The Morgan fingerprint density at radius 2 is 1.94 bits per heavy atom. The molecule has 1 rings (SSSR count). The van der Waals surface area contributed by atoms with E-state index in [4.69, 9.17) is 5.26 Å². The van der Waals surface area contributed by atoms with Gasteiger partial charge in [0, 0.05) is 0 Å². The summed E-state index contributed by atoms with van der Waals surface area (Å²) in [5, 5.41) is 8.97. The summed E-state index contributed by atoms with van der Waals surface area (Å²) in [6.07, 6.45) is 6.45. The molecule has 1 aliphatic rings. The summed E-state index contributed by atoms with van der Waals surface area (Å²) in [7, 11) is 0. The predicted molar refractivity (Wildman–Crippen MR) is 68.1 cm³/mol. The SMILES string of the molecule is CCCC1CCN(CCC(C)(C)C#N)CC1. The summed E-state index contributed by atoms with van der Waals surface area (Å²) < 4.78 is 0. The zero-order valence-corrected chi connectivity index (χ0v) is 11.1. The van der Waals surface area contributed by atoms with Crippen molar-refractivity contribution in [3.8, 4) is 6.07 Å². The summed E-state index contributed by atoms with van der Waals surface area (Å²) in [4.78, 5) is 2.53. The molecule has 0 atom stereocenters. The lowest BCUT2D eigenvalue weighted by Crippen LogP contribution is -2.35. The highest BCUT2D eigenvalue weighted by Gasteiger charge is 2.22. The molecule has 92 valence electrons. The highest BCUT2D eigenvalue weighted by Crippen LogP contribution is 2.24. The number of piperidine rings is 1. The maximum atomic E-state index is 8.97. The number of likely N-dealkylation sites (tertiary alicyclic amines) is 1. The lowest BCUT2D eigenvalue weighted by molar-refractivity contribution is 0.165. The summed E-state index contributed by atoms with van der Waals surface area (Å²) in [6, 6.07) is 2.38. The molecule has 0 aromatic heterocycles. The van der Waals surface area contributed by atoms with Gasteiger partial charge in [-0.25, -0.2) is 0 Å². The van der Waals surface area contributed by atoms with Crippen molar-refractivity contribution in [1.29, 1.82) is 5.26 Å². The predicted octanol–water partition coefficient (Wildman–Crippen LogP) is 3.44. The van der Waals surface area contributed by atoms with Crippen molar-refractivity contribution in [2.75, 3.05) is 19.6 Å². The Kier molecular flexibility index (Phi) is 5.28. The first-order chi connectivity index (χ1) is 7.57. The minimum Gasteiger partial charge on any atom is -0.303 e. The number of hydrogen-bond donors (Lipinski definition) is 0. The van der Waals surface area contributed by atoms with Crippen LogP contribution in [-0.2, 0) is 0 Å². The Morgan fingerprint density at radius 1 is 1.31 bits per heavy atom. The van der Waals surface area contributed by atoms with Crippen LogP contribution in [-0.4, -0.2) is 24.5 Å². The third-order valence-electron chi connectivity index (χ3n) is 3.76. The Morgan fingerprint density at radius 3 is 2.44 bits per heavy atom. The zero-order valence-electron chi connectivity index (χ0n) is 11.1. The smallest absolute Gasteiger partial charge is 0.0684 e. The molecule has 2 nitrogen and oxygen atoms in total. The zero-order chi connectivity index (χ0) is 12.0. The molecule has 16 heavy (non-hydrogen) atoms. The van der Waals surface area contributed by atoms with Crippen LogP contribution >= 0.6 is 0 Å². The Balaban J connectivity index is 2.20. The normalized spacial score (nSPS) is 19.6. The molecule has 0 aliphatic carbocycles. The first kappa shape index (κ1) is 13.5. The van der Waals surface area contributed by atoms with Crippen LogP contribution in [0.15, 0.2) is 0 Å². The second kappa shape index (κ2) is 6.25. The van der Waals surface area contributed by atoms with Gasteiger partial charge in [-0.05, 0) is 58.7 Å². The first-order valence-electron chi connectivity index (χ1n) is 6.71. The summed E-state index contributed by atoms with van der Waals surface area (Å²) in [5.74, 6) is 0.963. The second-order valence-electron chi connectivity index (χ2n) is 5.82. The highest BCUT2D eigenvalue weighted by atomic mass is 15.1. The van der Waals surface area contributed by atoms with Crippen LogP contribution in [0.4, 0.5) is 0 Å². The molecule has 1 saturated heterocycles. The standard InChI is InChI=1S/C14H26N2/c1-4-5-13-6-9-16(10-7-13)11-8-14(2,3)12-15/h13H,4-11H2,1-3H3. The van der Waals surface area contributed by atoms with E-state index in [2.05, 4.69) is 17.9 Å². The van der Waals surface area contributed by atoms with E-state index in [1.54, 1.807) is 0 Å². The van der Waals surface area contributed by atoms with Crippen LogP contribution in [0, 0.1) is 22.7 Å². The van der Waals surface area contributed by atoms with Crippen molar-refractivity contribution in [3.63, 3.8) is 0 Å². The molecule has 1 fully saturated rings. The minimum absolute atomic E-state index is 0.153. The molecule has 0 aromatic carbocycles. The largest absolute Gasteiger partial charge is 0.303 e. The van der Waals surface area contributed by atoms with Gasteiger partial charge >= 0.3 is 0 Å². The fraction of sp³-hybridized carbons (Fsp3) is 0.929. The van der Waals surface area contributed by atoms with Gasteiger partial charge in [0.15, 0.2) is 0 Å². The molecule has 1 heterocycles. The van der Waals surface area contributed by atoms with Gasteiger partial charge in [0.05, 0.1) is 11.5 Å². The number of rotatable bonds is 5. The van der Waals surface area contributed by atoms with E-state index in [0.29, 0.717) is 0 Å². The van der Waals surface area contributed by atoms with Crippen LogP contribution in [0.1, 0.15) is 52.9 Å². The molecule has 0 spiro atoms. The maximum absolute atomic E-state index is 8.97. The van der Waals surface area contributed by atoms with Crippen molar-refractivity contribution in [1.82, 2.24) is 4.90 Å². The van der Waals surface area contributed by atoms with E-state index in [1.165, 1.54) is 38.8 Å². The molecular weight excluding hydrogens is 196 g/mol. The molecule has 0 aromatic rings. The quantitative estimate of drug-likeness (QED) is 0.712. The van der Waals surface area contributed by atoms with Crippen molar-refractivity contribution in [3.05, 3.63) is 0 Å². The molecule has 0 saturated carbocycles. The van der Waals surface area contributed by atoms with Gasteiger partial charge in [0.25, 0.3) is 0 Å². The molecule has 0 bridgehead atoms. The van der Waals surface area contributed by atoms with Crippen molar-refractivity contribution in [2.24, 2.45) is 11.3 Å². The minimum atomic E-state index is -0.153. The molecule has 2 heteroatoms. The van der Waals surface area contributed by atoms with Crippen LogP contribution in [0.2, 0.25) is 0 Å². The third kappa shape index (κ3) is 4.53. The maximum Gasteiger partial charge on any atom is 0.0684 e. The highest BCUT2D eigenvalue weighted by molar-refractivity contribution is 4.92. The lowest BCUT2D eigenvalue weighted by atomic mass is 9.89. The van der Waals surface area contributed by atoms with E-state index in [0.717, 1.165) is 18.9 Å². The Hall–Kier alpha value is -0.550. The molecule has 0 radical (unpaired) electrons. The monoisotopic (exact) mass is 222 g/mol. The van der Waals surface area contributed by atoms with E-state index in [1.807, 2.05) is 13.8 Å². The Bertz CT molecular complexity index is 232. The van der Waals surface area contributed by atoms with Gasteiger partial charge < -0.3 is 4.90 Å². The molecule has 0 amide bonds. The van der Waals surface area contributed by atoms with E-state index in [-0.39, 0.29) is 5.41 Å².